The van der Waals surface area contributed by atoms with Crippen LogP contribution in [0.4, 0.5) is 18.9 Å². The van der Waals surface area contributed by atoms with E-state index >= 15 is 0 Å². The molecule has 178 valence electrons. The Kier molecular flexibility index (Phi) is 7.24. The average Bonchev–Trinajstić information content (AvgIpc) is 3.60. The second kappa shape index (κ2) is 10.1. The lowest BCUT2D eigenvalue weighted by Crippen LogP contribution is -2.39. The van der Waals surface area contributed by atoms with Gasteiger partial charge < -0.3 is 16.0 Å². The van der Waals surface area contributed by atoms with E-state index in [4.69, 9.17) is 5.73 Å². The highest BCUT2D eigenvalue weighted by atomic mass is 19.4. The molecule has 2 aromatic carbocycles. The van der Waals surface area contributed by atoms with Crippen molar-refractivity contribution < 1.29 is 18.0 Å². The predicted molar refractivity (Wildman–Crippen MR) is 123 cm³/mol. The van der Waals surface area contributed by atoms with E-state index in [0.29, 0.717) is 0 Å². The zero-order valence-corrected chi connectivity index (χ0v) is 18.7. The number of carbonyl (C=O) groups excluding carboxylic acids is 1. The van der Waals surface area contributed by atoms with Crippen molar-refractivity contribution in [2.45, 2.75) is 38.5 Å². The maximum atomic E-state index is 13.4. The number of hydrogen-bond donors (Lipinski definition) is 2. The first-order chi connectivity index (χ1) is 15.8. The molecule has 0 aromatic heterocycles. The van der Waals surface area contributed by atoms with Crippen molar-refractivity contribution in [3.05, 3.63) is 64.7 Å². The van der Waals surface area contributed by atoms with Gasteiger partial charge in [0.05, 0.1) is 12.1 Å². The molecule has 1 saturated carbocycles. The Morgan fingerprint density at radius 3 is 2.67 bits per heavy atom. The molecule has 3 N–H and O–H groups in total. The predicted octanol–water partition coefficient (Wildman–Crippen LogP) is 3.87. The molecule has 4 rings (SSSR count). The van der Waals surface area contributed by atoms with Crippen molar-refractivity contribution in [2.75, 3.05) is 38.0 Å². The number of benzene rings is 2. The zero-order chi connectivity index (χ0) is 23.4. The molecule has 1 amide bonds. The summed E-state index contributed by atoms with van der Waals surface area (Å²) in [4.78, 5) is 16.8. The SMILES string of the molecule is NCCN(Cc1ccccc1C(F)(F)F)C(=O)CNc1cccc2c1CCN(CC1CC1)C2. The van der Waals surface area contributed by atoms with Gasteiger partial charge in [-0.05, 0) is 54.0 Å². The van der Waals surface area contributed by atoms with Crippen molar-refractivity contribution in [3.63, 3.8) is 0 Å². The summed E-state index contributed by atoms with van der Waals surface area (Å²) in [5.41, 5.74) is 8.43. The second-order valence-electron chi connectivity index (χ2n) is 8.98. The van der Waals surface area contributed by atoms with E-state index in [1.807, 2.05) is 12.1 Å². The van der Waals surface area contributed by atoms with Gasteiger partial charge in [-0.1, -0.05) is 30.3 Å². The van der Waals surface area contributed by atoms with Crippen LogP contribution in [0.15, 0.2) is 42.5 Å². The Hall–Kier alpha value is -2.58. The molecule has 5 nitrogen and oxygen atoms in total. The molecule has 8 heteroatoms. The van der Waals surface area contributed by atoms with Crippen LogP contribution in [-0.4, -0.2) is 48.4 Å². The van der Waals surface area contributed by atoms with Gasteiger partial charge in [-0.25, -0.2) is 0 Å². The molecule has 0 atom stereocenters. The van der Waals surface area contributed by atoms with E-state index in [2.05, 4.69) is 16.3 Å². The number of carbonyl (C=O) groups is 1. The first-order valence-corrected chi connectivity index (χ1v) is 11.5. The minimum Gasteiger partial charge on any atom is -0.376 e. The number of alkyl halides is 3. The monoisotopic (exact) mass is 460 g/mol. The average molecular weight is 461 g/mol. The van der Waals surface area contributed by atoms with Crippen LogP contribution >= 0.6 is 0 Å². The molecule has 33 heavy (non-hydrogen) atoms. The quantitative estimate of drug-likeness (QED) is 0.597. The number of amides is 1. The number of nitrogens with two attached hydrogens (primary N) is 1. The van der Waals surface area contributed by atoms with Gasteiger partial charge in [0, 0.05) is 45.0 Å². The third-order valence-corrected chi connectivity index (χ3v) is 6.42. The van der Waals surface area contributed by atoms with Crippen LogP contribution in [-0.2, 0) is 30.5 Å². The van der Waals surface area contributed by atoms with Gasteiger partial charge in [0.15, 0.2) is 0 Å². The number of anilines is 1. The summed E-state index contributed by atoms with van der Waals surface area (Å²) < 4.78 is 40.1. The number of halogens is 3. The molecule has 0 radical (unpaired) electrons. The molecule has 0 saturated heterocycles. The van der Waals surface area contributed by atoms with Crippen LogP contribution in [0.25, 0.3) is 0 Å². The first kappa shape index (κ1) is 23.6. The third kappa shape index (κ3) is 6.06. The van der Waals surface area contributed by atoms with Gasteiger partial charge in [-0.3, -0.25) is 9.69 Å². The molecule has 1 aliphatic heterocycles. The molecule has 0 unspecified atom stereocenters. The third-order valence-electron chi connectivity index (χ3n) is 6.42. The lowest BCUT2D eigenvalue weighted by atomic mass is 9.97. The lowest BCUT2D eigenvalue weighted by Gasteiger charge is -2.30. The highest BCUT2D eigenvalue weighted by Crippen LogP contribution is 2.34. The number of nitrogens with zero attached hydrogens (tertiary/aromatic N) is 2. The Morgan fingerprint density at radius 2 is 1.94 bits per heavy atom. The lowest BCUT2D eigenvalue weighted by molar-refractivity contribution is -0.139. The molecular formula is C25H31F3N4O. The minimum absolute atomic E-state index is 0.0103. The first-order valence-electron chi connectivity index (χ1n) is 11.5. The largest absolute Gasteiger partial charge is 0.416 e. The van der Waals surface area contributed by atoms with E-state index in [0.717, 1.165) is 43.7 Å². The summed E-state index contributed by atoms with van der Waals surface area (Å²) in [6.45, 7) is 3.33. The van der Waals surface area contributed by atoms with Crippen molar-refractivity contribution in [1.29, 1.82) is 0 Å². The minimum atomic E-state index is -4.47. The molecule has 2 aromatic rings. The fourth-order valence-corrected chi connectivity index (χ4v) is 4.53. The van der Waals surface area contributed by atoms with E-state index in [1.165, 1.54) is 41.0 Å². The summed E-state index contributed by atoms with van der Waals surface area (Å²) >= 11 is 0. The number of hydrogen-bond acceptors (Lipinski definition) is 4. The van der Waals surface area contributed by atoms with Gasteiger partial charge in [0.2, 0.25) is 5.91 Å². The van der Waals surface area contributed by atoms with Gasteiger partial charge in [0.1, 0.15) is 0 Å². The van der Waals surface area contributed by atoms with E-state index in [-0.39, 0.29) is 37.6 Å². The van der Waals surface area contributed by atoms with Crippen molar-refractivity contribution in [2.24, 2.45) is 11.7 Å². The van der Waals surface area contributed by atoms with Gasteiger partial charge in [-0.15, -0.1) is 0 Å². The van der Waals surface area contributed by atoms with Gasteiger partial charge in [-0.2, -0.15) is 13.2 Å². The number of nitrogens with one attached hydrogen (secondary N) is 1. The summed E-state index contributed by atoms with van der Waals surface area (Å²) in [6.07, 6.45) is -0.882. The number of fused-ring (bicyclic) bond motifs is 1. The van der Waals surface area contributed by atoms with E-state index in [9.17, 15) is 18.0 Å². The van der Waals surface area contributed by atoms with Crippen LogP contribution in [0.3, 0.4) is 0 Å². The Labute approximate surface area is 192 Å². The maximum absolute atomic E-state index is 13.4. The van der Waals surface area contributed by atoms with E-state index < -0.39 is 11.7 Å². The van der Waals surface area contributed by atoms with Crippen LogP contribution in [0.2, 0.25) is 0 Å². The number of rotatable bonds is 9. The van der Waals surface area contributed by atoms with Crippen LogP contribution in [0.5, 0.6) is 0 Å². The molecule has 0 bridgehead atoms. The van der Waals surface area contributed by atoms with Crippen LogP contribution < -0.4 is 11.1 Å². The molecule has 1 heterocycles. The Morgan fingerprint density at radius 1 is 1.15 bits per heavy atom. The van der Waals surface area contributed by atoms with Crippen molar-refractivity contribution >= 4 is 11.6 Å². The summed E-state index contributed by atoms with van der Waals surface area (Å²) in [5, 5.41) is 3.24. The topological polar surface area (TPSA) is 61.6 Å². The normalized spacial score (nSPS) is 16.4. The summed E-state index contributed by atoms with van der Waals surface area (Å²) in [6, 6.07) is 11.5. The van der Waals surface area contributed by atoms with Crippen molar-refractivity contribution in [1.82, 2.24) is 9.80 Å². The molecule has 1 aliphatic carbocycles. The summed E-state index contributed by atoms with van der Waals surface area (Å²) in [5.74, 6) is 0.572. The Bertz CT molecular complexity index is 974. The van der Waals surface area contributed by atoms with E-state index in [1.54, 1.807) is 6.07 Å². The van der Waals surface area contributed by atoms with Crippen LogP contribution in [0.1, 0.15) is 35.1 Å². The fourth-order valence-electron chi connectivity index (χ4n) is 4.53. The molecular weight excluding hydrogens is 429 g/mol. The summed E-state index contributed by atoms with van der Waals surface area (Å²) in [7, 11) is 0. The highest BCUT2D eigenvalue weighted by molar-refractivity contribution is 5.81. The zero-order valence-electron chi connectivity index (χ0n) is 18.7. The van der Waals surface area contributed by atoms with Crippen molar-refractivity contribution in [3.8, 4) is 0 Å². The molecule has 1 fully saturated rings. The Balaban J connectivity index is 1.41. The maximum Gasteiger partial charge on any atom is 0.416 e. The van der Waals surface area contributed by atoms with Crippen LogP contribution in [0, 0.1) is 5.92 Å². The molecule has 0 spiro atoms. The standard InChI is InChI=1S/C25H31F3N4O/c26-25(27,28)22-6-2-1-4-20(22)17-32(13-11-29)24(33)14-30-23-7-3-5-19-16-31(12-10-21(19)23)15-18-8-9-18/h1-7,18,30H,8-17,29H2. The fraction of sp³-hybridized carbons (Fsp3) is 0.480. The molecule has 2 aliphatic rings. The highest BCUT2D eigenvalue weighted by Gasteiger charge is 2.33. The van der Waals surface area contributed by atoms with Gasteiger partial charge >= 0.3 is 6.18 Å². The smallest absolute Gasteiger partial charge is 0.376 e. The van der Waals surface area contributed by atoms with Gasteiger partial charge in [0.25, 0.3) is 0 Å². The second-order valence-corrected chi connectivity index (χ2v) is 8.98.